The highest BCUT2D eigenvalue weighted by molar-refractivity contribution is 5.98. The molecule has 0 aromatic heterocycles. The monoisotopic (exact) mass is 308 g/mol. The molecule has 0 aliphatic carbocycles. The van der Waals surface area contributed by atoms with Crippen LogP contribution in [0.5, 0.6) is 0 Å². The van der Waals surface area contributed by atoms with Gasteiger partial charge in [0.05, 0.1) is 12.0 Å². The van der Waals surface area contributed by atoms with Gasteiger partial charge in [-0.15, -0.1) is 0 Å². The molecule has 0 saturated heterocycles. The van der Waals surface area contributed by atoms with Gasteiger partial charge in [-0.05, 0) is 25.3 Å². The molecule has 1 atom stereocenters. The summed E-state index contributed by atoms with van der Waals surface area (Å²) in [6.07, 6.45) is 0.423. The van der Waals surface area contributed by atoms with Crippen molar-refractivity contribution >= 4 is 17.6 Å². The highest BCUT2D eigenvalue weighted by Gasteiger charge is 2.25. The minimum Gasteiger partial charge on any atom is -0.467 e. The van der Waals surface area contributed by atoms with Crippen LogP contribution in [-0.4, -0.2) is 30.0 Å². The highest BCUT2D eigenvalue weighted by Crippen LogP contribution is 2.21. The van der Waals surface area contributed by atoms with E-state index in [4.69, 9.17) is 0 Å². The van der Waals surface area contributed by atoms with Gasteiger partial charge in [0.25, 0.3) is 11.6 Å². The zero-order valence-corrected chi connectivity index (χ0v) is 13.1. The summed E-state index contributed by atoms with van der Waals surface area (Å²) in [5.41, 5.74) is 0.302. The van der Waals surface area contributed by atoms with Gasteiger partial charge in [-0.2, -0.15) is 0 Å². The molecule has 1 aromatic carbocycles. The Labute approximate surface area is 128 Å². The van der Waals surface area contributed by atoms with Gasteiger partial charge in [0, 0.05) is 17.2 Å². The van der Waals surface area contributed by atoms with E-state index in [1.54, 1.807) is 0 Å². The second kappa shape index (κ2) is 7.53. The number of hydrogen-bond acceptors (Lipinski definition) is 5. The topological polar surface area (TPSA) is 98.5 Å². The second-order valence-corrected chi connectivity index (χ2v) is 5.39. The zero-order valence-electron chi connectivity index (χ0n) is 13.1. The van der Waals surface area contributed by atoms with Crippen molar-refractivity contribution in [2.24, 2.45) is 5.92 Å². The number of nitro groups is 1. The van der Waals surface area contributed by atoms with Crippen LogP contribution in [0.2, 0.25) is 0 Å². The van der Waals surface area contributed by atoms with Crippen molar-refractivity contribution in [1.82, 2.24) is 5.32 Å². The number of nitro benzene ring substituents is 1. The van der Waals surface area contributed by atoms with Gasteiger partial charge in [0.2, 0.25) is 0 Å². The number of methoxy groups -OCH3 is 1. The summed E-state index contributed by atoms with van der Waals surface area (Å²) in [5, 5.41) is 13.5. The van der Waals surface area contributed by atoms with E-state index in [1.165, 1.54) is 32.2 Å². The number of rotatable bonds is 6. The predicted molar refractivity (Wildman–Crippen MR) is 80.6 cm³/mol. The first-order valence-corrected chi connectivity index (χ1v) is 6.90. The van der Waals surface area contributed by atoms with Gasteiger partial charge < -0.3 is 10.1 Å². The van der Waals surface area contributed by atoms with Crippen LogP contribution in [0.3, 0.4) is 0 Å². The first-order chi connectivity index (χ1) is 10.3. The Bertz CT molecular complexity index is 583. The fraction of sp³-hybridized carbons (Fsp3) is 0.467. The molecule has 1 aromatic rings. The third-order valence-corrected chi connectivity index (χ3v) is 3.24. The molecule has 0 heterocycles. The molecule has 22 heavy (non-hydrogen) atoms. The molecule has 1 rings (SSSR count). The maximum Gasteiger partial charge on any atom is 0.328 e. The Morgan fingerprint density at radius 1 is 1.36 bits per heavy atom. The van der Waals surface area contributed by atoms with Crippen LogP contribution < -0.4 is 5.32 Å². The van der Waals surface area contributed by atoms with E-state index >= 15 is 0 Å². The summed E-state index contributed by atoms with van der Waals surface area (Å²) in [5.74, 6) is -0.891. The van der Waals surface area contributed by atoms with Crippen molar-refractivity contribution in [3.8, 4) is 0 Å². The van der Waals surface area contributed by atoms with Crippen molar-refractivity contribution in [1.29, 1.82) is 0 Å². The van der Waals surface area contributed by atoms with E-state index in [0.717, 1.165) is 0 Å². The Hall–Kier alpha value is -2.44. The molecule has 0 saturated carbocycles. The smallest absolute Gasteiger partial charge is 0.328 e. The standard InChI is InChI=1S/C15H20N2O5/c1-9(2)8-12(15(19)22-4)16-14(18)11-6-5-7-13(10(11)3)17(20)21/h5-7,9,12H,8H2,1-4H3,(H,16,18)/t12-/m1/s1. The number of benzene rings is 1. The fourth-order valence-corrected chi connectivity index (χ4v) is 2.13. The van der Waals surface area contributed by atoms with Crippen LogP contribution in [0, 0.1) is 23.0 Å². The lowest BCUT2D eigenvalue weighted by molar-refractivity contribution is -0.385. The van der Waals surface area contributed by atoms with Crippen LogP contribution in [0.15, 0.2) is 18.2 Å². The maximum absolute atomic E-state index is 12.3. The summed E-state index contributed by atoms with van der Waals surface area (Å²) < 4.78 is 4.68. The molecule has 1 N–H and O–H groups in total. The van der Waals surface area contributed by atoms with E-state index in [0.29, 0.717) is 6.42 Å². The van der Waals surface area contributed by atoms with Gasteiger partial charge in [-0.3, -0.25) is 14.9 Å². The van der Waals surface area contributed by atoms with E-state index in [2.05, 4.69) is 10.1 Å². The van der Waals surface area contributed by atoms with E-state index in [1.807, 2.05) is 13.8 Å². The average molecular weight is 308 g/mol. The molecule has 7 heteroatoms. The Balaban J connectivity index is 3.02. The van der Waals surface area contributed by atoms with Gasteiger partial charge in [-0.25, -0.2) is 4.79 Å². The Morgan fingerprint density at radius 3 is 2.50 bits per heavy atom. The Kier molecular flexibility index (Phi) is 6.03. The molecule has 120 valence electrons. The molecule has 1 amide bonds. The molecular weight excluding hydrogens is 288 g/mol. The van der Waals surface area contributed by atoms with Gasteiger partial charge in [0.15, 0.2) is 0 Å². The number of hydrogen-bond donors (Lipinski definition) is 1. The third-order valence-electron chi connectivity index (χ3n) is 3.24. The van der Waals surface area contributed by atoms with Crippen LogP contribution in [0.25, 0.3) is 0 Å². The first-order valence-electron chi connectivity index (χ1n) is 6.90. The van der Waals surface area contributed by atoms with Crippen molar-refractivity contribution in [3.05, 3.63) is 39.4 Å². The molecule has 0 radical (unpaired) electrons. The zero-order chi connectivity index (χ0) is 16.9. The molecule has 7 nitrogen and oxygen atoms in total. The van der Waals surface area contributed by atoms with Gasteiger partial charge in [0.1, 0.15) is 6.04 Å². The second-order valence-electron chi connectivity index (χ2n) is 5.39. The summed E-state index contributed by atoms with van der Waals surface area (Å²) in [7, 11) is 1.25. The number of ether oxygens (including phenoxy) is 1. The third kappa shape index (κ3) is 4.28. The molecule has 0 spiro atoms. The lowest BCUT2D eigenvalue weighted by atomic mass is 10.0. The quantitative estimate of drug-likeness (QED) is 0.493. The molecule has 0 bridgehead atoms. The minimum absolute atomic E-state index is 0.133. The van der Waals surface area contributed by atoms with Gasteiger partial charge >= 0.3 is 5.97 Å². The highest BCUT2D eigenvalue weighted by atomic mass is 16.6. The number of nitrogens with one attached hydrogen (secondary N) is 1. The van der Waals surface area contributed by atoms with Crippen molar-refractivity contribution in [2.45, 2.75) is 33.2 Å². The molecule has 0 aliphatic heterocycles. The summed E-state index contributed by atoms with van der Waals surface area (Å²) in [6.45, 7) is 5.34. The van der Waals surface area contributed by atoms with E-state index in [-0.39, 0.29) is 22.7 Å². The van der Waals surface area contributed by atoms with Crippen LogP contribution in [-0.2, 0) is 9.53 Å². The number of esters is 1. The van der Waals surface area contributed by atoms with Gasteiger partial charge in [-0.1, -0.05) is 19.9 Å². The largest absolute Gasteiger partial charge is 0.467 e. The number of carbonyl (C=O) groups is 2. The summed E-state index contributed by atoms with van der Waals surface area (Å²) >= 11 is 0. The number of nitrogens with zero attached hydrogens (tertiary/aromatic N) is 1. The van der Waals surface area contributed by atoms with Crippen LogP contribution >= 0.6 is 0 Å². The average Bonchev–Trinajstić information content (AvgIpc) is 2.44. The normalized spacial score (nSPS) is 11.9. The van der Waals surface area contributed by atoms with E-state index in [9.17, 15) is 19.7 Å². The number of amides is 1. The minimum atomic E-state index is -0.781. The fourth-order valence-electron chi connectivity index (χ4n) is 2.13. The lowest BCUT2D eigenvalue weighted by Gasteiger charge is -2.18. The van der Waals surface area contributed by atoms with Crippen LogP contribution in [0.4, 0.5) is 5.69 Å². The molecule has 0 aliphatic rings. The lowest BCUT2D eigenvalue weighted by Crippen LogP contribution is -2.42. The predicted octanol–water partition coefficient (Wildman–Crippen LogP) is 2.22. The van der Waals surface area contributed by atoms with Crippen LogP contribution in [0.1, 0.15) is 36.2 Å². The van der Waals surface area contributed by atoms with Crippen molar-refractivity contribution in [2.75, 3.05) is 7.11 Å². The SMILES string of the molecule is COC(=O)[C@@H](CC(C)C)NC(=O)c1cccc([N+](=O)[O-])c1C. The van der Waals surface area contributed by atoms with Crippen molar-refractivity contribution in [3.63, 3.8) is 0 Å². The summed E-state index contributed by atoms with van der Waals surface area (Å²) in [4.78, 5) is 34.4. The molecule has 0 unspecified atom stereocenters. The number of carbonyl (C=O) groups excluding carboxylic acids is 2. The maximum atomic E-state index is 12.3. The van der Waals surface area contributed by atoms with Crippen molar-refractivity contribution < 1.29 is 19.2 Å². The first kappa shape index (κ1) is 17.6. The molecular formula is C15H20N2O5. The summed E-state index contributed by atoms with van der Waals surface area (Å²) in [6, 6.07) is 3.48. The molecule has 0 fully saturated rings. The van der Waals surface area contributed by atoms with E-state index < -0.39 is 22.8 Å². The Morgan fingerprint density at radius 2 is 2.00 bits per heavy atom.